The highest BCUT2D eigenvalue weighted by Crippen LogP contribution is 2.28. The van der Waals surface area contributed by atoms with Gasteiger partial charge in [-0.3, -0.25) is 4.79 Å². The number of rotatable bonds is 9. The zero-order valence-electron chi connectivity index (χ0n) is 16.2. The fourth-order valence-corrected chi connectivity index (χ4v) is 2.51. The second-order valence-corrected chi connectivity index (χ2v) is 5.94. The van der Waals surface area contributed by atoms with Gasteiger partial charge in [0.25, 0.3) is 5.91 Å². The summed E-state index contributed by atoms with van der Waals surface area (Å²) in [5.41, 5.74) is 1.00. The molecule has 0 aliphatic carbocycles. The van der Waals surface area contributed by atoms with Crippen molar-refractivity contribution in [1.29, 1.82) is 0 Å². The van der Waals surface area contributed by atoms with E-state index in [1.165, 1.54) is 18.2 Å². The maximum absolute atomic E-state index is 13.0. The predicted octanol–water partition coefficient (Wildman–Crippen LogP) is 3.66. The van der Waals surface area contributed by atoms with Gasteiger partial charge in [-0.1, -0.05) is 12.1 Å². The molecular weight excluding hydrogens is 365 g/mol. The van der Waals surface area contributed by atoms with E-state index in [9.17, 15) is 14.0 Å². The highest BCUT2D eigenvalue weighted by Gasteiger charge is 2.15. The van der Waals surface area contributed by atoms with Gasteiger partial charge >= 0.3 is 5.97 Å². The first-order valence-electron chi connectivity index (χ1n) is 9.06. The third-order valence-electron chi connectivity index (χ3n) is 3.86. The number of carbonyl (C=O) groups excluding carboxylic acids is 2. The molecule has 0 heterocycles. The first-order chi connectivity index (χ1) is 13.4. The minimum atomic E-state index is -0.645. The number of carbonyl (C=O) groups is 2. The SMILES string of the molecule is CCOc1ccc(C(=O)OCC(=O)N[C@H](C)c2ccc(F)cc2)cc1OCC. The quantitative estimate of drug-likeness (QED) is 0.663. The minimum absolute atomic E-state index is 0.256. The zero-order valence-corrected chi connectivity index (χ0v) is 16.2. The van der Waals surface area contributed by atoms with E-state index >= 15 is 0 Å². The predicted molar refractivity (Wildman–Crippen MR) is 102 cm³/mol. The van der Waals surface area contributed by atoms with E-state index in [0.717, 1.165) is 5.56 Å². The molecule has 0 aliphatic heterocycles. The van der Waals surface area contributed by atoms with Gasteiger partial charge in [0.15, 0.2) is 18.1 Å². The van der Waals surface area contributed by atoms with E-state index in [-0.39, 0.29) is 17.4 Å². The third-order valence-corrected chi connectivity index (χ3v) is 3.86. The fraction of sp³-hybridized carbons (Fsp3) is 0.333. The molecule has 0 aliphatic rings. The topological polar surface area (TPSA) is 73.9 Å². The van der Waals surface area contributed by atoms with Crippen molar-refractivity contribution in [3.63, 3.8) is 0 Å². The van der Waals surface area contributed by atoms with Crippen LogP contribution in [0.1, 0.15) is 42.7 Å². The molecule has 150 valence electrons. The molecule has 0 aromatic heterocycles. The summed E-state index contributed by atoms with van der Waals surface area (Å²) in [5, 5.41) is 2.70. The lowest BCUT2D eigenvalue weighted by Crippen LogP contribution is -2.31. The molecule has 2 aromatic carbocycles. The van der Waals surface area contributed by atoms with Gasteiger partial charge in [-0.05, 0) is 56.7 Å². The molecule has 0 unspecified atom stereocenters. The van der Waals surface area contributed by atoms with Gasteiger partial charge in [0.05, 0.1) is 24.8 Å². The van der Waals surface area contributed by atoms with Crippen molar-refractivity contribution < 1.29 is 28.2 Å². The second kappa shape index (κ2) is 10.3. The summed E-state index contributed by atoms with van der Waals surface area (Å²) in [4.78, 5) is 24.3. The maximum atomic E-state index is 13.0. The summed E-state index contributed by atoms with van der Waals surface area (Å²) in [7, 11) is 0. The smallest absolute Gasteiger partial charge is 0.338 e. The number of halogens is 1. The average molecular weight is 389 g/mol. The van der Waals surface area contributed by atoms with E-state index in [2.05, 4.69) is 5.32 Å². The van der Waals surface area contributed by atoms with Gasteiger partial charge in [-0.2, -0.15) is 0 Å². The molecule has 7 heteroatoms. The van der Waals surface area contributed by atoms with Crippen molar-refractivity contribution in [2.75, 3.05) is 19.8 Å². The molecule has 0 saturated heterocycles. The van der Waals surface area contributed by atoms with Gasteiger partial charge in [-0.15, -0.1) is 0 Å². The Kier molecular flexibility index (Phi) is 7.80. The molecule has 1 atom stereocenters. The molecule has 0 saturated carbocycles. The molecule has 28 heavy (non-hydrogen) atoms. The minimum Gasteiger partial charge on any atom is -0.490 e. The molecule has 0 bridgehead atoms. The third kappa shape index (κ3) is 5.97. The van der Waals surface area contributed by atoms with Crippen LogP contribution in [0, 0.1) is 5.82 Å². The van der Waals surface area contributed by atoms with Crippen molar-refractivity contribution in [1.82, 2.24) is 5.32 Å². The van der Waals surface area contributed by atoms with Crippen LogP contribution in [0.5, 0.6) is 11.5 Å². The first-order valence-corrected chi connectivity index (χ1v) is 9.06. The molecule has 1 N–H and O–H groups in total. The number of benzene rings is 2. The molecule has 0 spiro atoms. The van der Waals surface area contributed by atoms with Crippen LogP contribution in [0.15, 0.2) is 42.5 Å². The summed E-state index contributed by atoms with van der Waals surface area (Å²) in [6, 6.07) is 10.2. The van der Waals surface area contributed by atoms with Crippen LogP contribution in [-0.4, -0.2) is 31.7 Å². The molecule has 0 radical (unpaired) electrons. The Hall–Kier alpha value is -3.09. The zero-order chi connectivity index (χ0) is 20.5. The lowest BCUT2D eigenvalue weighted by atomic mass is 10.1. The van der Waals surface area contributed by atoms with Crippen LogP contribution in [0.3, 0.4) is 0 Å². The van der Waals surface area contributed by atoms with E-state index in [0.29, 0.717) is 24.7 Å². The number of ether oxygens (including phenoxy) is 3. The van der Waals surface area contributed by atoms with Gasteiger partial charge in [-0.25, -0.2) is 9.18 Å². The van der Waals surface area contributed by atoms with Crippen LogP contribution < -0.4 is 14.8 Å². The van der Waals surface area contributed by atoms with Crippen LogP contribution >= 0.6 is 0 Å². The monoisotopic (exact) mass is 389 g/mol. The van der Waals surface area contributed by atoms with Gasteiger partial charge in [0, 0.05) is 0 Å². The number of esters is 1. The van der Waals surface area contributed by atoms with E-state index in [1.807, 2.05) is 13.8 Å². The average Bonchev–Trinajstić information content (AvgIpc) is 2.68. The Labute approximate surface area is 163 Å². The van der Waals surface area contributed by atoms with Crippen LogP contribution in [0.4, 0.5) is 4.39 Å². The lowest BCUT2D eigenvalue weighted by Gasteiger charge is -2.15. The van der Waals surface area contributed by atoms with Crippen LogP contribution in [-0.2, 0) is 9.53 Å². The Balaban J connectivity index is 1.92. The Morgan fingerprint density at radius 2 is 1.64 bits per heavy atom. The van der Waals surface area contributed by atoms with E-state index in [1.54, 1.807) is 31.2 Å². The Morgan fingerprint density at radius 1 is 1.00 bits per heavy atom. The standard InChI is InChI=1S/C21H24FNO5/c1-4-26-18-11-8-16(12-19(18)27-5-2)21(25)28-13-20(24)23-14(3)15-6-9-17(22)10-7-15/h6-12,14H,4-5,13H2,1-3H3,(H,23,24)/t14-/m1/s1. The van der Waals surface area contributed by atoms with Crippen LogP contribution in [0.2, 0.25) is 0 Å². The Bertz CT molecular complexity index is 807. The van der Waals surface area contributed by atoms with Gasteiger partial charge in [0.2, 0.25) is 0 Å². The van der Waals surface area contributed by atoms with Crippen molar-refractivity contribution in [3.8, 4) is 11.5 Å². The first kappa shape index (κ1) is 21.2. The molecule has 0 fully saturated rings. The van der Waals surface area contributed by atoms with Crippen LogP contribution in [0.25, 0.3) is 0 Å². The molecule has 2 rings (SSSR count). The van der Waals surface area contributed by atoms with Crippen molar-refractivity contribution in [3.05, 3.63) is 59.4 Å². The largest absolute Gasteiger partial charge is 0.490 e. The van der Waals surface area contributed by atoms with E-state index in [4.69, 9.17) is 14.2 Å². The molecular formula is C21H24FNO5. The summed E-state index contributed by atoms with van der Waals surface area (Å²) in [6.07, 6.45) is 0. The summed E-state index contributed by atoms with van der Waals surface area (Å²) in [6.45, 7) is 5.89. The summed E-state index contributed by atoms with van der Waals surface area (Å²) < 4.78 is 29.0. The lowest BCUT2D eigenvalue weighted by molar-refractivity contribution is -0.124. The molecule has 2 aromatic rings. The second-order valence-electron chi connectivity index (χ2n) is 5.94. The highest BCUT2D eigenvalue weighted by molar-refractivity contribution is 5.92. The number of hydrogen-bond donors (Lipinski definition) is 1. The van der Waals surface area contributed by atoms with Crippen molar-refractivity contribution >= 4 is 11.9 Å². The fourth-order valence-electron chi connectivity index (χ4n) is 2.51. The van der Waals surface area contributed by atoms with Gasteiger partial charge < -0.3 is 19.5 Å². The van der Waals surface area contributed by atoms with Gasteiger partial charge in [0.1, 0.15) is 5.82 Å². The summed E-state index contributed by atoms with van der Waals surface area (Å²) in [5.74, 6) is -0.479. The maximum Gasteiger partial charge on any atom is 0.338 e. The Morgan fingerprint density at radius 3 is 2.29 bits per heavy atom. The number of nitrogens with one attached hydrogen (secondary N) is 1. The summed E-state index contributed by atoms with van der Waals surface area (Å²) >= 11 is 0. The number of amides is 1. The van der Waals surface area contributed by atoms with E-state index < -0.39 is 18.5 Å². The highest BCUT2D eigenvalue weighted by atomic mass is 19.1. The van der Waals surface area contributed by atoms with Crippen molar-refractivity contribution in [2.24, 2.45) is 0 Å². The normalized spacial score (nSPS) is 11.4. The van der Waals surface area contributed by atoms with Crippen molar-refractivity contribution in [2.45, 2.75) is 26.8 Å². The number of hydrogen-bond acceptors (Lipinski definition) is 5. The molecule has 1 amide bonds. The molecule has 6 nitrogen and oxygen atoms in total.